The van der Waals surface area contributed by atoms with Crippen LogP contribution in [0.1, 0.15) is 27.6 Å². The minimum Gasteiger partial charge on any atom is -0.493 e. The lowest BCUT2D eigenvalue weighted by Crippen LogP contribution is -2.24. The van der Waals surface area contributed by atoms with Crippen LogP contribution in [-0.2, 0) is 4.74 Å². The molecule has 0 saturated carbocycles. The Hall–Kier alpha value is -3.48. The highest BCUT2D eigenvalue weighted by Crippen LogP contribution is 2.38. The van der Waals surface area contributed by atoms with Crippen LogP contribution in [0.25, 0.3) is 10.9 Å². The van der Waals surface area contributed by atoms with Crippen molar-refractivity contribution < 1.29 is 28.5 Å². The van der Waals surface area contributed by atoms with Gasteiger partial charge < -0.3 is 23.9 Å². The Kier molecular flexibility index (Phi) is 5.54. The van der Waals surface area contributed by atoms with Gasteiger partial charge in [0.05, 0.1) is 26.9 Å². The maximum Gasteiger partial charge on any atom is 0.339 e. The van der Waals surface area contributed by atoms with Gasteiger partial charge in [-0.3, -0.25) is 4.79 Å². The zero-order valence-electron chi connectivity index (χ0n) is 16.1. The molecule has 0 fully saturated rings. The van der Waals surface area contributed by atoms with E-state index in [-0.39, 0.29) is 11.3 Å². The van der Waals surface area contributed by atoms with Gasteiger partial charge in [-0.1, -0.05) is 18.2 Å². The van der Waals surface area contributed by atoms with Crippen LogP contribution in [0, 0.1) is 0 Å². The van der Waals surface area contributed by atoms with Crippen LogP contribution in [-0.4, -0.2) is 44.2 Å². The highest BCUT2D eigenvalue weighted by atomic mass is 16.5. The number of H-pyrrole nitrogens is 1. The number of benzene rings is 2. The van der Waals surface area contributed by atoms with Crippen molar-refractivity contribution in [2.24, 2.45) is 0 Å². The predicted octanol–water partition coefficient (Wildman–Crippen LogP) is 3.62. The molecule has 0 aliphatic carbocycles. The summed E-state index contributed by atoms with van der Waals surface area (Å²) in [5, 5.41) is 0.781. The molecule has 0 amide bonds. The first-order valence-electron chi connectivity index (χ1n) is 8.61. The van der Waals surface area contributed by atoms with Crippen LogP contribution in [0.2, 0.25) is 0 Å². The molecule has 0 aliphatic rings. The van der Waals surface area contributed by atoms with Gasteiger partial charge in [-0.2, -0.15) is 0 Å². The van der Waals surface area contributed by atoms with Gasteiger partial charge in [0.15, 0.2) is 17.6 Å². The van der Waals surface area contributed by atoms with Crippen molar-refractivity contribution in [3.05, 3.63) is 53.7 Å². The number of fused-ring (bicyclic) bond motifs is 1. The molecule has 3 aromatic rings. The summed E-state index contributed by atoms with van der Waals surface area (Å²) in [6.45, 7) is 1.54. The third-order valence-electron chi connectivity index (χ3n) is 4.41. The summed E-state index contributed by atoms with van der Waals surface area (Å²) >= 11 is 0. The van der Waals surface area contributed by atoms with Gasteiger partial charge in [0.1, 0.15) is 0 Å². The molecule has 1 heterocycles. The van der Waals surface area contributed by atoms with Gasteiger partial charge in [-0.15, -0.1) is 0 Å². The number of Topliss-reactive ketones (excluding diaryl/α,β-unsaturated/α-hetero) is 1. The van der Waals surface area contributed by atoms with Crippen molar-refractivity contribution in [2.75, 3.05) is 21.3 Å². The number of para-hydroxylation sites is 1. The molecule has 7 heteroatoms. The number of aromatic amines is 1. The molecule has 28 heavy (non-hydrogen) atoms. The third-order valence-corrected chi connectivity index (χ3v) is 4.41. The highest BCUT2D eigenvalue weighted by molar-refractivity contribution is 6.10. The number of methoxy groups -OCH3 is 3. The van der Waals surface area contributed by atoms with Crippen LogP contribution in [0.4, 0.5) is 0 Å². The number of hydrogen-bond acceptors (Lipinski definition) is 6. The molecular weight excluding hydrogens is 362 g/mol. The van der Waals surface area contributed by atoms with Crippen LogP contribution >= 0.6 is 0 Å². The molecule has 7 nitrogen and oxygen atoms in total. The van der Waals surface area contributed by atoms with E-state index in [0.29, 0.717) is 22.8 Å². The average molecular weight is 383 g/mol. The Morgan fingerprint density at radius 3 is 2.21 bits per heavy atom. The summed E-state index contributed by atoms with van der Waals surface area (Å²) in [7, 11) is 4.38. The van der Waals surface area contributed by atoms with E-state index >= 15 is 0 Å². The standard InChI is InChI=1S/C21H21NO6/c1-12(19(23)15-11-22-16-8-6-5-7-14(15)16)28-21(24)13-9-17(25-2)20(27-4)18(10-13)26-3/h5-12,22H,1-4H3/t12-/m0/s1. The van der Waals surface area contributed by atoms with Crippen molar-refractivity contribution in [1.82, 2.24) is 4.98 Å². The van der Waals surface area contributed by atoms with Gasteiger partial charge in [0, 0.05) is 22.7 Å². The van der Waals surface area contributed by atoms with Crippen molar-refractivity contribution >= 4 is 22.7 Å². The van der Waals surface area contributed by atoms with Crippen molar-refractivity contribution in [3.63, 3.8) is 0 Å². The topological polar surface area (TPSA) is 86.9 Å². The van der Waals surface area contributed by atoms with Crippen molar-refractivity contribution in [1.29, 1.82) is 0 Å². The number of ketones is 1. The quantitative estimate of drug-likeness (QED) is 0.495. The summed E-state index contributed by atoms with van der Waals surface area (Å²) < 4.78 is 21.1. The molecule has 0 saturated heterocycles. The van der Waals surface area contributed by atoms with E-state index in [2.05, 4.69) is 4.98 Å². The van der Waals surface area contributed by atoms with E-state index in [1.165, 1.54) is 33.5 Å². The number of nitrogens with one attached hydrogen (secondary N) is 1. The molecule has 0 unspecified atom stereocenters. The first-order valence-corrected chi connectivity index (χ1v) is 8.61. The lowest BCUT2D eigenvalue weighted by Gasteiger charge is -2.15. The largest absolute Gasteiger partial charge is 0.493 e. The van der Waals surface area contributed by atoms with Crippen LogP contribution in [0.3, 0.4) is 0 Å². The Morgan fingerprint density at radius 1 is 0.964 bits per heavy atom. The van der Waals surface area contributed by atoms with Crippen molar-refractivity contribution in [2.45, 2.75) is 13.0 Å². The van der Waals surface area contributed by atoms with E-state index in [1.54, 1.807) is 13.1 Å². The first kappa shape index (κ1) is 19.3. The summed E-state index contributed by atoms with van der Waals surface area (Å²) in [5.41, 5.74) is 1.50. The summed E-state index contributed by atoms with van der Waals surface area (Å²) in [6.07, 6.45) is 0.655. The molecule has 0 aliphatic heterocycles. The highest BCUT2D eigenvalue weighted by Gasteiger charge is 2.24. The smallest absolute Gasteiger partial charge is 0.339 e. The zero-order chi connectivity index (χ0) is 20.3. The Bertz CT molecular complexity index is 998. The molecule has 1 aromatic heterocycles. The maximum atomic E-state index is 12.8. The molecule has 1 N–H and O–H groups in total. The van der Waals surface area contributed by atoms with Gasteiger partial charge >= 0.3 is 5.97 Å². The lowest BCUT2D eigenvalue weighted by molar-refractivity contribution is 0.0318. The number of carbonyl (C=O) groups excluding carboxylic acids is 2. The molecule has 1 atom stereocenters. The normalized spacial score (nSPS) is 11.7. The molecule has 0 spiro atoms. The number of hydrogen-bond donors (Lipinski definition) is 1. The third kappa shape index (κ3) is 3.51. The molecular formula is C21H21NO6. The molecule has 2 aromatic carbocycles. The van der Waals surface area contributed by atoms with E-state index in [9.17, 15) is 9.59 Å². The van der Waals surface area contributed by atoms with E-state index in [4.69, 9.17) is 18.9 Å². The number of rotatable bonds is 7. The minimum atomic E-state index is -0.967. The predicted molar refractivity (Wildman–Crippen MR) is 104 cm³/mol. The summed E-state index contributed by atoms with van der Waals surface area (Å²) in [4.78, 5) is 28.4. The van der Waals surface area contributed by atoms with Gasteiger partial charge in [0.25, 0.3) is 0 Å². The minimum absolute atomic E-state index is 0.188. The van der Waals surface area contributed by atoms with Crippen LogP contribution in [0.15, 0.2) is 42.6 Å². The Balaban J connectivity index is 1.83. The fraction of sp³-hybridized carbons (Fsp3) is 0.238. The molecule has 0 bridgehead atoms. The number of esters is 1. The second-order valence-corrected chi connectivity index (χ2v) is 6.07. The number of ether oxygens (including phenoxy) is 4. The second-order valence-electron chi connectivity index (χ2n) is 6.07. The van der Waals surface area contributed by atoms with E-state index in [1.807, 2.05) is 24.3 Å². The maximum absolute atomic E-state index is 12.8. The monoisotopic (exact) mass is 383 g/mol. The Morgan fingerprint density at radius 2 is 1.61 bits per heavy atom. The average Bonchev–Trinajstić information content (AvgIpc) is 3.15. The number of aromatic nitrogens is 1. The summed E-state index contributed by atoms with van der Waals surface area (Å²) in [5.74, 6) is 0.0523. The van der Waals surface area contributed by atoms with Crippen LogP contribution in [0.5, 0.6) is 17.2 Å². The van der Waals surface area contributed by atoms with Gasteiger partial charge in [-0.05, 0) is 25.1 Å². The lowest BCUT2D eigenvalue weighted by atomic mass is 10.1. The van der Waals surface area contributed by atoms with E-state index < -0.39 is 12.1 Å². The van der Waals surface area contributed by atoms with Gasteiger partial charge in [-0.25, -0.2) is 4.79 Å². The first-order chi connectivity index (χ1) is 13.5. The van der Waals surface area contributed by atoms with E-state index in [0.717, 1.165) is 10.9 Å². The molecule has 3 rings (SSSR count). The number of carbonyl (C=O) groups is 2. The fourth-order valence-corrected chi connectivity index (χ4v) is 2.98. The molecule has 0 radical (unpaired) electrons. The van der Waals surface area contributed by atoms with Gasteiger partial charge in [0.2, 0.25) is 11.5 Å². The Labute approximate surface area is 162 Å². The van der Waals surface area contributed by atoms with Crippen LogP contribution < -0.4 is 14.2 Å². The SMILES string of the molecule is COc1cc(C(=O)O[C@@H](C)C(=O)c2c[nH]c3ccccc23)cc(OC)c1OC. The van der Waals surface area contributed by atoms with Crippen molar-refractivity contribution in [3.8, 4) is 17.2 Å². The summed E-state index contributed by atoms with van der Waals surface area (Å²) in [6, 6.07) is 10.4. The molecule has 146 valence electrons. The fourth-order valence-electron chi connectivity index (χ4n) is 2.98. The zero-order valence-corrected chi connectivity index (χ0v) is 16.1. The second kappa shape index (κ2) is 8.04.